The average Bonchev–Trinajstić information content (AvgIpc) is 2.12. The van der Waals surface area contributed by atoms with E-state index in [1.165, 1.54) is 0 Å². The number of thiocarbonyl (C=S) groups is 1. The summed E-state index contributed by atoms with van der Waals surface area (Å²) in [5.74, 6) is 4.22. The lowest BCUT2D eigenvalue weighted by molar-refractivity contribution is -0.285. The molecular weight excluding hydrogens is 214 g/mol. The second-order valence-corrected chi connectivity index (χ2v) is 5.13. The third kappa shape index (κ3) is 3.81. The van der Waals surface area contributed by atoms with Gasteiger partial charge in [0.05, 0.1) is 19.6 Å². The van der Waals surface area contributed by atoms with Crippen molar-refractivity contribution in [2.24, 2.45) is 21.6 Å². The molecule has 6 heteroatoms. The predicted molar refractivity (Wildman–Crippen MR) is 60.3 cm³/mol. The summed E-state index contributed by atoms with van der Waals surface area (Å²) in [5.41, 5.74) is 0.0521. The van der Waals surface area contributed by atoms with Gasteiger partial charge in [-0.05, 0) is 6.92 Å². The van der Waals surface area contributed by atoms with Crippen LogP contribution in [0.1, 0.15) is 27.2 Å². The molecule has 0 atom stereocenters. The molecule has 0 bridgehead atoms. The summed E-state index contributed by atoms with van der Waals surface area (Å²) >= 11 is 4.96. The lowest BCUT2D eigenvalue weighted by Gasteiger charge is -2.41. The molecule has 1 heterocycles. The van der Waals surface area contributed by atoms with Crippen LogP contribution in [0.2, 0.25) is 0 Å². The smallest absolute Gasteiger partial charge is 0.171 e. The fourth-order valence-electron chi connectivity index (χ4n) is 1.26. The fraction of sp³-hybridized carbons (Fsp3) is 0.889. The maximum atomic E-state index is 5.65. The number of rotatable bonds is 2. The van der Waals surface area contributed by atoms with Gasteiger partial charge in [0.2, 0.25) is 0 Å². The van der Waals surface area contributed by atoms with Gasteiger partial charge < -0.3 is 15.3 Å². The van der Waals surface area contributed by atoms with Crippen LogP contribution in [0.15, 0.2) is 10.3 Å². The molecule has 0 aromatic heterocycles. The number of ether oxygens (including phenoxy) is 2. The first kappa shape index (κ1) is 12.5. The van der Waals surface area contributed by atoms with Crippen LogP contribution in [0.5, 0.6) is 0 Å². The van der Waals surface area contributed by atoms with Gasteiger partial charge in [0.1, 0.15) is 4.99 Å². The molecule has 1 fully saturated rings. The second-order valence-electron chi connectivity index (χ2n) is 4.66. The average molecular weight is 231 g/mol. The van der Waals surface area contributed by atoms with Crippen LogP contribution in [0.4, 0.5) is 0 Å². The van der Waals surface area contributed by atoms with Crippen LogP contribution in [0, 0.1) is 5.41 Å². The van der Waals surface area contributed by atoms with Gasteiger partial charge in [-0.1, -0.05) is 31.3 Å². The molecule has 1 aliphatic heterocycles. The Morgan fingerprint density at radius 1 is 1.33 bits per heavy atom. The van der Waals surface area contributed by atoms with E-state index in [4.69, 9.17) is 27.5 Å². The first-order valence-electron chi connectivity index (χ1n) is 4.79. The first-order chi connectivity index (χ1) is 6.87. The van der Waals surface area contributed by atoms with Gasteiger partial charge in [-0.15, -0.1) is 5.11 Å². The Hall–Kier alpha value is -0.590. The molecule has 2 N–H and O–H groups in total. The summed E-state index contributed by atoms with van der Waals surface area (Å²) in [5, 5.41) is 6.71. The number of nitrogens with zero attached hydrogens (tertiary/aromatic N) is 2. The lowest BCUT2D eigenvalue weighted by Crippen LogP contribution is -2.46. The topological polar surface area (TPSA) is 69.2 Å². The van der Waals surface area contributed by atoms with E-state index in [9.17, 15) is 0 Å². The van der Waals surface area contributed by atoms with Crippen LogP contribution in [0.3, 0.4) is 0 Å². The van der Waals surface area contributed by atoms with Crippen LogP contribution < -0.4 is 5.84 Å². The Bertz CT molecular complexity index is 269. The summed E-state index contributed by atoms with van der Waals surface area (Å²) in [6.07, 6.45) is 0.402. The fourth-order valence-corrected chi connectivity index (χ4v) is 1.57. The van der Waals surface area contributed by atoms with Crippen molar-refractivity contribution in [1.82, 2.24) is 0 Å². The van der Waals surface area contributed by atoms with Crippen molar-refractivity contribution in [2.45, 2.75) is 33.0 Å². The highest BCUT2D eigenvalue weighted by atomic mass is 32.1. The highest BCUT2D eigenvalue weighted by molar-refractivity contribution is 7.80. The molecule has 0 aromatic carbocycles. The molecule has 0 aliphatic carbocycles. The van der Waals surface area contributed by atoms with Crippen molar-refractivity contribution in [1.29, 1.82) is 0 Å². The molecule has 0 spiro atoms. The summed E-state index contributed by atoms with van der Waals surface area (Å²) < 4.78 is 11.3. The Morgan fingerprint density at radius 2 is 1.87 bits per heavy atom. The van der Waals surface area contributed by atoms with E-state index in [0.717, 1.165) is 0 Å². The van der Waals surface area contributed by atoms with Gasteiger partial charge >= 0.3 is 0 Å². The highest BCUT2D eigenvalue weighted by Gasteiger charge is 2.37. The zero-order valence-electron chi connectivity index (χ0n) is 9.32. The third-order valence-electron chi connectivity index (χ3n) is 2.18. The van der Waals surface area contributed by atoms with Crippen molar-refractivity contribution in [3.63, 3.8) is 0 Å². The van der Waals surface area contributed by atoms with Gasteiger partial charge in [-0.2, -0.15) is 0 Å². The molecule has 0 amide bonds. The summed E-state index contributed by atoms with van der Waals surface area (Å²) in [4.78, 5) is 0.389. The maximum Gasteiger partial charge on any atom is 0.171 e. The molecule has 86 valence electrons. The minimum Gasteiger partial charge on any atom is -0.349 e. The molecule has 0 saturated carbocycles. The summed E-state index contributed by atoms with van der Waals surface area (Å²) in [6, 6.07) is 0. The van der Waals surface area contributed by atoms with E-state index >= 15 is 0 Å². The van der Waals surface area contributed by atoms with Gasteiger partial charge in [-0.25, -0.2) is 0 Å². The lowest BCUT2D eigenvalue weighted by atomic mass is 9.94. The Morgan fingerprint density at radius 3 is 2.33 bits per heavy atom. The summed E-state index contributed by atoms with van der Waals surface area (Å²) in [7, 11) is 0. The van der Waals surface area contributed by atoms with E-state index in [-0.39, 0.29) is 5.41 Å². The molecule has 15 heavy (non-hydrogen) atoms. The Balaban J connectivity index is 2.52. The van der Waals surface area contributed by atoms with Gasteiger partial charge in [0.25, 0.3) is 0 Å². The van der Waals surface area contributed by atoms with Crippen LogP contribution in [-0.4, -0.2) is 24.0 Å². The monoisotopic (exact) mass is 231 g/mol. The minimum absolute atomic E-state index is 0.0521. The maximum absolute atomic E-state index is 5.65. The van der Waals surface area contributed by atoms with E-state index in [1.807, 2.05) is 6.92 Å². The number of hydrogen-bond acceptors (Lipinski definition) is 4. The largest absolute Gasteiger partial charge is 0.349 e. The van der Waals surface area contributed by atoms with Crippen LogP contribution in [-0.2, 0) is 9.47 Å². The SMILES string of the molecule is CC1(C)COC(C)(CC(=S)N=NN)OC1. The quantitative estimate of drug-likeness (QED) is 0.340. The molecule has 0 aromatic rings. The standard InChI is InChI=1S/C9H17N3O2S/c1-8(2)5-13-9(3,14-6-8)4-7(15)11-12-10/h4-6H2,1-3H3,(H2,10,11,15). The van der Waals surface area contributed by atoms with E-state index in [2.05, 4.69) is 24.2 Å². The Labute approximate surface area is 95.0 Å². The number of hydrogen-bond donors (Lipinski definition) is 1. The van der Waals surface area contributed by atoms with E-state index in [1.54, 1.807) is 0 Å². The first-order valence-corrected chi connectivity index (χ1v) is 5.19. The summed E-state index contributed by atoms with van der Waals surface area (Å²) in [6.45, 7) is 7.31. The zero-order chi connectivity index (χ0) is 11.5. The Kier molecular flexibility index (Phi) is 3.75. The minimum atomic E-state index is -0.694. The van der Waals surface area contributed by atoms with Crippen molar-refractivity contribution in [3.05, 3.63) is 0 Å². The normalized spacial score (nSPS) is 24.2. The second kappa shape index (κ2) is 4.51. The van der Waals surface area contributed by atoms with Crippen molar-refractivity contribution < 1.29 is 9.47 Å². The third-order valence-corrected chi connectivity index (χ3v) is 2.40. The van der Waals surface area contributed by atoms with E-state index in [0.29, 0.717) is 24.6 Å². The molecular formula is C9H17N3O2S. The molecule has 5 nitrogen and oxygen atoms in total. The van der Waals surface area contributed by atoms with Crippen molar-refractivity contribution in [3.8, 4) is 0 Å². The van der Waals surface area contributed by atoms with E-state index < -0.39 is 5.79 Å². The van der Waals surface area contributed by atoms with Crippen molar-refractivity contribution >= 4 is 17.2 Å². The van der Waals surface area contributed by atoms with Gasteiger partial charge in [-0.3, -0.25) is 0 Å². The molecule has 1 rings (SSSR count). The molecule has 0 unspecified atom stereocenters. The van der Waals surface area contributed by atoms with Crippen molar-refractivity contribution in [2.75, 3.05) is 13.2 Å². The highest BCUT2D eigenvalue weighted by Crippen LogP contribution is 2.31. The van der Waals surface area contributed by atoms with Crippen LogP contribution in [0.25, 0.3) is 0 Å². The van der Waals surface area contributed by atoms with Crippen LogP contribution >= 0.6 is 12.2 Å². The predicted octanol–water partition coefficient (Wildman–Crippen LogP) is 1.82. The molecule has 0 radical (unpaired) electrons. The van der Waals surface area contributed by atoms with Gasteiger partial charge in [0, 0.05) is 5.41 Å². The number of nitrogens with two attached hydrogens (primary N) is 1. The van der Waals surface area contributed by atoms with Gasteiger partial charge in [0.15, 0.2) is 5.79 Å². The zero-order valence-corrected chi connectivity index (χ0v) is 10.1. The molecule has 1 aliphatic rings. The molecule has 1 saturated heterocycles.